The fourth-order valence-corrected chi connectivity index (χ4v) is 3.99. The second-order valence-corrected chi connectivity index (χ2v) is 8.67. The van der Waals surface area contributed by atoms with E-state index in [-0.39, 0.29) is 22.6 Å². The molecule has 3 aromatic rings. The van der Waals surface area contributed by atoms with Crippen LogP contribution in [0.1, 0.15) is 12.5 Å². The summed E-state index contributed by atoms with van der Waals surface area (Å²) in [5.74, 6) is -0.647. The number of ether oxygens (including phenoxy) is 1. The molecule has 0 aliphatic rings. The average molecular weight is 450 g/mol. The van der Waals surface area contributed by atoms with E-state index < -0.39 is 40.0 Å². The van der Waals surface area contributed by atoms with Crippen molar-refractivity contribution in [2.45, 2.75) is 31.4 Å². The highest BCUT2D eigenvalue weighted by molar-refractivity contribution is 7.86. The van der Waals surface area contributed by atoms with Crippen molar-refractivity contribution in [3.05, 3.63) is 57.0 Å². The van der Waals surface area contributed by atoms with Gasteiger partial charge in [-0.1, -0.05) is 17.7 Å². The number of fused-ring (bicyclic) bond motifs is 1. The van der Waals surface area contributed by atoms with Crippen LogP contribution in [-0.2, 0) is 44.5 Å². The first-order chi connectivity index (χ1) is 14.5. The molecule has 2 heterocycles. The molecule has 166 valence electrons. The SMILES string of the molecule is CC(=O)O[C@H](COS(=O)(=O)c1ccc(C)cc1)Cn1cnc2c1c(=O)n(C)c(=O)n2C. The Hall–Kier alpha value is -3.25. The normalized spacial score (nSPS) is 12.8. The zero-order valence-electron chi connectivity index (χ0n) is 17.4. The quantitative estimate of drug-likeness (QED) is 0.365. The van der Waals surface area contributed by atoms with Gasteiger partial charge in [0.25, 0.3) is 15.7 Å². The molecular weight excluding hydrogens is 428 g/mol. The highest BCUT2D eigenvalue weighted by atomic mass is 32.2. The van der Waals surface area contributed by atoms with Gasteiger partial charge in [-0.25, -0.2) is 9.78 Å². The Morgan fingerprint density at radius 3 is 2.39 bits per heavy atom. The van der Waals surface area contributed by atoms with Crippen LogP contribution in [0.15, 0.2) is 45.1 Å². The van der Waals surface area contributed by atoms with Gasteiger partial charge in [0.15, 0.2) is 11.2 Å². The third-order valence-electron chi connectivity index (χ3n) is 4.67. The minimum atomic E-state index is -4.08. The standard InChI is InChI=1S/C19H22N4O7S/c1-12-5-7-15(8-6-12)31(27,28)29-10-14(30-13(2)24)9-23-11-20-17-16(23)18(25)22(4)19(26)21(17)3/h5-8,11,14H,9-10H2,1-4H3/t14-/m0/s1. The molecule has 0 spiro atoms. The monoisotopic (exact) mass is 450 g/mol. The summed E-state index contributed by atoms with van der Waals surface area (Å²) in [4.78, 5) is 40.2. The van der Waals surface area contributed by atoms with Gasteiger partial charge in [0.1, 0.15) is 12.7 Å². The molecule has 1 aromatic carbocycles. The van der Waals surface area contributed by atoms with Crippen molar-refractivity contribution < 1.29 is 22.1 Å². The van der Waals surface area contributed by atoms with Crippen LogP contribution in [0, 0.1) is 6.92 Å². The van der Waals surface area contributed by atoms with Gasteiger partial charge in [-0.05, 0) is 19.1 Å². The lowest BCUT2D eigenvalue weighted by molar-refractivity contribution is -0.148. The predicted octanol–water partition coefficient (Wildman–Crippen LogP) is 0.0793. The van der Waals surface area contributed by atoms with Crippen molar-refractivity contribution in [3.63, 3.8) is 0 Å². The van der Waals surface area contributed by atoms with E-state index >= 15 is 0 Å². The van der Waals surface area contributed by atoms with Crippen molar-refractivity contribution in [1.29, 1.82) is 0 Å². The Balaban J connectivity index is 1.89. The number of nitrogens with zero attached hydrogens (tertiary/aromatic N) is 4. The number of carbonyl (C=O) groups excluding carboxylic acids is 1. The summed E-state index contributed by atoms with van der Waals surface area (Å²) in [5.41, 5.74) is 0.0444. The van der Waals surface area contributed by atoms with Gasteiger partial charge in [-0.2, -0.15) is 8.42 Å². The summed E-state index contributed by atoms with van der Waals surface area (Å²) < 4.78 is 38.7. The lowest BCUT2D eigenvalue weighted by Crippen LogP contribution is -2.38. The molecule has 31 heavy (non-hydrogen) atoms. The average Bonchev–Trinajstić information content (AvgIpc) is 3.12. The molecule has 0 bridgehead atoms. The highest BCUT2D eigenvalue weighted by Gasteiger charge is 2.23. The first kappa shape index (κ1) is 22.4. The van der Waals surface area contributed by atoms with Gasteiger partial charge in [0.2, 0.25) is 0 Å². The fourth-order valence-electron chi connectivity index (χ4n) is 3.05. The number of carbonyl (C=O) groups is 1. The Morgan fingerprint density at radius 1 is 1.13 bits per heavy atom. The van der Waals surface area contributed by atoms with Crippen LogP contribution in [0.3, 0.4) is 0 Å². The third kappa shape index (κ3) is 4.59. The van der Waals surface area contributed by atoms with Crippen LogP contribution in [0.2, 0.25) is 0 Å². The van der Waals surface area contributed by atoms with E-state index in [9.17, 15) is 22.8 Å². The van der Waals surface area contributed by atoms with Crippen LogP contribution in [0.4, 0.5) is 0 Å². The summed E-state index contributed by atoms with van der Waals surface area (Å²) in [5, 5.41) is 0. The number of rotatable bonds is 7. The fraction of sp³-hybridized carbons (Fsp3) is 0.368. The van der Waals surface area contributed by atoms with E-state index in [0.29, 0.717) is 0 Å². The van der Waals surface area contributed by atoms with E-state index in [1.54, 1.807) is 12.1 Å². The van der Waals surface area contributed by atoms with Gasteiger partial charge in [0.05, 0.1) is 17.8 Å². The first-order valence-corrected chi connectivity index (χ1v) is 10.7. The van der Waals surface area contributed by atoms with E-state index in [4.69, 9.17) is 8.92 Å². The van der Waals surface area contributed by atoms with Crippen LogP contribution < -0.4 is 11.2 Å². The van der Waals surface area contributed by atoms with Crippen LogP contribution in [0.25, 0.3) is 11.2 Å². The molecule has 11 nitrogen and oxygen atoms in total. The number of aryl methyl sites for hydroxylation is 2. The summed E-state index contributed by atoms with van der Waals surface area (Å²) in [6.07, 6.45) is 0.285. The maximum Gasteiger partial charge on any atom is 0.332 e. The predicted molar refractivity (Wildman–Crippen MR) is 110 cm³/mol. The molecule has 3 rings (SSSR count). The van der Waals surface area contributed by atoms with E-state index in [0.717, 1.165) is 10.1 Å². The largest absolute Gasteiger partial charge is 0.458 e. The van der Waals surface area contributed by atoms with Crippen molar-refractivity contribution in [1.82, 2.24) is 18.7 Å². The van der Waals surface area contributed by atoms with Crippen molar-refractivity contribution in [3.8, 4) is 0 Å². The van der Waals surface area contributed by atoms with Gasteiger partial charge in [0, 0.05) is 21.0 Å². The van der Waals surface area contributed by atoms with E-state index in [1.807, 2.05) is 6.92 Å². The summed E-state index contributed by atoms with van der Waals surface area (Å²) in [6.45, 7) is 2.42. The van der Waals surface area contributed by atoms with Crippen LogP contribution >= 0.6 is 0 Å². The number of imidazole rings is 1. The van der Waals surface area contributed by atoms with Crippen LogP contribution in [-0.4, -0.2) is 45.8 Å². The lowest BCUT2D eigenvalue weighted by Gasteiger charge is -2.18. The smallest absolute Gasteiger partial charge is 0.332 e. The van der Waals surface area contributed by atoms with E-state index in [2.05, 4.69) is 4.98 Å². The second kappa shape index (κ2) is 8.47. The van der Waals surface area contributed by atoms with Gasteiger partial charge in [-0.15, -0.1) is 0 Å². The lowest BCUT2D eigenvalue weighted by atomic mass is 10.2. The minimum absolute atomic E-state index is 0.0309. The van der Waals surface area contributed by atoms with Crippen molar-refractivity contribution in [2.75, 3.05) is 6.61 Å². The molecule has 0 fully saturated rings. The van der Waals surface area contributed by atoms with E-state index in [1.165, 1.54) is 48.6 Å². The Labute approximate surface area is 177 Å². The maximum absolute atomic E-state index is 12.6. The molecule has 0 unspecified atom stereocenters. The topological polar surface area (TPSA) is 131 Å². The number of esters is 1. The molecule has 0 aliphatic heterocycles. The molecule has 2 aromatic heterocycles. The molecule has 1 atom stereocenters. The van der Waals surface area contributed by atoms with Gasteiger partial charge in [-0.3, -0.25) is 22.9 Å². The molecular formula is C19H22N4O7S. The molecule has 0 radical (unpaired) electrons. The number of benzene rings is 1. The van der Waals surface area contributed by atoms with Crippen molar-refractivity contribution in [2.24, 2.45) is 14.1 Å². The zero-order valence-corrected chi connectivity index (χ0v) is 18.2. The Morgan fingerprint density at radius 2 is 1.77 bits per heavy atom. The molecule has 0 aliphatic carbocycles. The molecule has 12 heteroatoms. The highest BCUT2D eigenvalue weighted by Crippen LogP contribution is 2.15. The summed E-state index contributed by atoms with van der Waals surface area (Å²) in [6, 6.07) is 6.10. The maximum atomic E-state index is 12.6. The molecule has 0 amide bonds. The third-order valence-corrected chi connectivity index (χ3v) is 5.96. The summed E-state index contributed by atoms with van der Waals surface area (Å²) in [7, 11) is -1.27. The minimum Gasteiger partial charge on any atom is -0.458 e. The van der Waals surface area contributed by atoms with Crippen molar-refractivity contribution >= 4 is 27.3 Å². The molecule has 0 N–H and O–H groups in total. The van der Waals surface area contributed by atoms with Crippen LogP contribution in [0.5, 0.6) is 0 Å². The Kier molecular flexibility index (Phi) is 6.13. The number of hydrogen-bond acceptors (Lipinski definition) is 8. The first-order valence-electron chi connectivity index (χ1n) is 9.25. The van der Waals surface area contributed by atoms with Gasteiger partial charge >= 0.3 is 11.7 Å². The number of aromatic nitrogens is 4. The Bertz CT molecular complexity index is 1350. The summed E-state index contributed by atoms with van der Waals surface area (Å²) >= 11 is 0. The molecule has 0 saturated carbocycles. The zero-order chi connectivity index (χ0) is 22.9. The van der Waals surface area contributed by atoms with Gasteiger partial charge < -0.3 is 9.30 Å². The second-order valence-electron chi connectivity index (χ2n) is 7.06. The number of hydrogen-bond donors (Lipinski definition) is 0. The molecule has 0 saturated heterocycles.